The normalized spacial score (nSPS) is 13.2. The number of halogens is 1. The van der Waals surface area contributed by atoms with Crippen molar-refractivity contribution in [2.24, 2.45) is 11.1 Å². The van der Waals surface area contributed by atoms with E-state index in [1.165, 1.54) is 0 Å². The number of nitrogens with one attached hydrogen (secondary N) is 1. The van der Waals surface area contributed by atoms with Gasteiger partial charge in [0.25, 0.3) is 0 Å². The molecule has 1 atom stereocenters. The molecule has 0 saturated heterocycles. The minimum Gasteiger partial charge on any atom is -0.327 e. The molecular weight excluding hydrogens is 248 g/mol. The molecule has 0 heterocycles. The molecule has 1 amide bonds. The van der Waals surface area contributed by atoms with E-state index < -0.39 is 0 Å². The molecule has 100 valence electrons. The lowest BCUT2D eigenvalue weighted by Gasteiger charge is -2.26. The molecule has 4 heteroatoms. The van der Waals surface area contributed by atoms with Crippen molar-refractivity contribution in [1.29, 1.82) is 0 Å². The summed E-state index contributed by atoms with van der Waals surface area (Å²) < 4.78 is 0. The van der Waals surface area contributed by atoms with Crippen LogP contribution in [0.3, 0.4) is 0 Å². The standard InChI is InChI=1S/C14H21ClN2O/c1-9-5-6-10(7-11(9)15)17-13(18)8-12(16)14(2,3)4/h5-7,12H,8,16H2,1-4H3,(H,17,18). The second kappa shape index (κ2) is 5.72. The van der Waals surface area contributed by atoms with Crippen molar-refractivity contribution in [3.63, 3.8) is 0 Å². The molecule has 0 aromatic heterocycles. The van der Waals surface area contributed by atoms with Gasteiger partial charge in [-0.15, -0.1) is 0 Å². The molecule has 0 saturated carbocycles. The molecule has 0 aliphatic carbocycles. The number of anilines is 1. The van der Waals surface area contributed by atoms with E-state index in [0.717, 1.165) is 5.56 Å². The van der Waals surface area contributed by atoms with Crippen LogP contribution in [0.25, 0.3) is 0 Å². The number of hydrogen-bond acceptors (Lipinski definition) is 2. The summed E-state index contributed by atoms with van der Waals surface area (Å²) in [6, 6.07) is 5.29. The topological polar surface area (TPSA) is 55.1 Å². The quantitative estimate of drug-likeness (QED) is 0.883. The third-order valence-corrected chi connectivity index (χ3v) is 3.38. The predicted molar refractivity (Wildman–Crippen MR) is 76.9 cm³/mol. The van der Waals surface area contributed by atoms with Gasteiger partial charge in [0, 0.05) is 23.2 Å². The van der Waals surface area contributed by atoms with Gasteiger partial charge in [-0.2, -0.15) is 0 Å². The zero-order valence-electron chi connectivity index (χ0n) is 11.4. The molecule has 0 spiro atoms. The third kappa shape index (κ3) is 4.31. The summed E-state index contributed by atoms with van der Waals surface area (Å²) in [6.45, 7) is 7.98. The van der Waals surface area contributed by atoms with Gasteiger partial charge in [-0.25, -0.2) is 0 Å². The first kappa shape index (κ1) is 15.0. The number of hydrogen-bond donors (Lipinski definition) is 2. The Morgan fingerprint density at radius 1 is 1.44 bits per heavy atom. The highest BCUT2D eigenvalue weighted by atomic mass is 35.5. The summed E-state index contributed by atoms with van der Waals surface area (Å²) in [6.07, 6.45) is 0.301. The maximum atomic E-state index is 11.8. The molecule has 0 bridgehead atoms. The molecule has 18 heavy (non-hydrogen) atoms. The molecule has 0 fully saturated rings. The minimum absolute atomic E-state index is 0.0811. The Labute approximate surface area is 114 Å². The first-order chi connectivity index (χ1) is 8.20. The highest BCUT2D eigenvalue weighted by molar-refractivity contribution is 6.31. The second-order valence-corrected chi connectivity index (χ2v) is 6.10. The molecule has 1 aromatic rings. The fraction of sp³-hybridized carbons (Fsp3) is 0.500. The van der Waals surface area contributed by atoms with Gasteiger partial charge >= 0.3 is 0 Å². The summed E-state index contributed by atoms with van der Waals surface area (Å²) in [4.78, 5) is 11.8. The van der Waals surface area contributed by atoms with Gasteiger partial charge in [0.15, 0.2) is 0 Å². The Balaban J connectivity index is 2.62. The predicted octanol–water partition coefficient (Wildman–Crippen LogP) is 3.35. The summed E-state index contributed by atoms with van der Waals surface area (Å²) in [5, 5.41) is 3.46. The van der Waals surface area contributed by atoms with Crippen molar-refractivity contribution in [2.75, 3.05) is 5.32 Å². The minimum atomic E-state index is -0.168. The Morgan fingerprint density at radius 2 is 2.06 bits per heavy atom. The zero-order chi connectivity index (χ0) is 13.9. The lowest BCUT2D eigenvalue weighted by molar-refractivity contribution is -0.117. The average Bonchev–Trinajstić information content (AvgIpc) is 2.22. The highest BCUT2D eigenvalue weighted by Gasteiger charge is 2.23. The molecule has 3 nitrogen and oxygen atoms in total. The largest absolute Gasteiger partial charge is 0.327 e. The molecule has 3 N–H and O–H groups in total. The second-order valence-electron chi connectivity index (χ2n) is 5.69. The van der Waals surface area contributed by atoms with E-state index in [2.05, 4.69) is 5.32 Å². The fourth-order valence-corrected chi connectivity index (χ4v) is 1.57. The van der Waals surface area contributed by atoms with Gasteiger partial charge in [-0.3, -0.25) is 4.79 Å². The molecule has 0 radical (unpaired) electrons. The molecule has 1 unspecified atom stereocenters. The van der Waals surface area contributed by atoms with E-state index >= 15 is 0 Å². The van der Waals surface area contributed by atoms with Gasteiger partial charge in [0.05, 0.1) is 0 Å². The lowest BCUT2D eigenvalue weighted by Crippen LogP contribution is -2.38. The Bertz CT molecular complexity index is 438. The van der Waals surface area contributed by atoms with Crippen molar-refractivity contribution in [1.82, 2.24) is 0 Å². The van der Waals surface area contributed by atoms with Gasteiger partial charge in [0.2, 0.25) is 5.91 Å². The summed E-state index contributed by atoms with van der Waals surface area (Å²) in [7, 11) is 0. The van der Waals surface area contributed by atoms with Crippen LogP contribution in [0, 0.1) is 12.3 Å². The van der Waals surface area contributed by atoms with Crippen LogP contribution in [0.2, 0.25) is 5.02 Å². The van der Waals surface area contributed by atoms with Crippen LogP contribution < -0.4 is 11.1 Å². The first-order valence-electron chi connectivity index (χ1n) is 6.01. The third-order valence-electron chi connectivity index (χ3n) is 2.97. The van der Waals surface area contributed by atoms with Gasteiger partial charge in [-0.05, 0) is 30.0 Å². The van der Waals surface area contributed by atoms with E-state index in [4.69, 9.17) is 17.3 Å². The van der Waals surface area contributed by atoms with Crippen LogP contribution in [-0.2, 0) is 4.79 Å². The smallest absolute Gasteiger partial charge is 0.225 e. The maximum Gasteiger partial charge on any atom is 0.225 e. The van der Waals surface area contributed by atoms with E-state index in [1.807, 2.05) is 39.8 Å². The summed E-state index contributed by atoms with van der Waals surface area (Å²) >= 11 is 6.00. The van der Waals surface area contributed by atoms with Gasteiger partial charge < -0.3 is 11.1 Å². The average molecular weight is 269 g/mol. The van der Waals surface area contributed by atoms with Crippen LogP contribution in [0.15, 0.2) is 18.2 Å². The number of nitrogens with two attached hydrogens (primary N) is 1. The summed E-state index contributed by atoms with van der Waals surface area (Å²) in [5.41, 5.74) is 7.58. The number of amides is 1. The van der Waals surface area contributed by atoms with E-state index in [-0.39, 0.29) is 17.4 Å². The van der Waals surface area contributed by atoms with Crippen molar-refractivity contribution < 1.29 is 4.79 Å². The number of carbonyl (C=O) groups is 1. The van der Waals surface area contributed by atoms with Crippen LogP contribution in [0.1, 0.15) is 32.8 Å². The highest BCUT2D eigenvalue weighted by Crippen LogP contribution is 2.22. The van der Waals surface area contributed by atoms with Crippen molar-refractivity contribution in [3.05, 3.63) is 28.8 Å². The van der Waals surface area contributed by atoms with Crippen molar-refractivity contribution in [3.8, 4) is 0 Å². The van der Waals surface area contributed by atoms with Gasteiger partial charge in [-0.1, -0.05) is 38.4 Å². The molecule has 0 aliphatic heterocycles. The van der Waals surface area contributed by atoms with E-state index in [0.29, 0.717) is 17.1 Å². The van der Waals surface area contributed by atoms with E-state index in [1.54, 1.807) is 6.07 Å². The Kier molecular flexibility index (Phi) is 4.77. The molecular formula is C14H21ClN2O. The first-order valence-corrected chi connectivity index (χ1v) is 6.39. The molecule has 0 aliphatic rings. The molecule has 1 aromatic carbocycles. The van der Waals surface area contributed by atoms with Crippen molar-refractivity contribution >= 4 is 23.2 Å². The number of rotatable bonds is 3. The van der Waals surface area contributed by atoms with Gasteiger partial charge in [0.1, 0.15) is 0 Å². The van der Waals surface area contributed by atoms with Crippen LogP contribution in [0.4, 0.5) is 5.69 Å². The Morgan fingerprint density at radius 3 is 2.56 bits per heavy atom. The fourth-order valence-electron chi connectivity index (χ4n) is 1.39. The molecule has 1 rings (SSSR count). The van der Waals surface area contributed by atoms with Crippen LogP contribution in [-0.4, -0.2) is 11.9 Å². The number of benzene rings is 1. The van der Waals surface area contributed by atoms with Crippen LogP contribution in [0.5, 0.6) is 0 Å². The van der Waals surface area contributed by atoms with Crippen molar-refractivity contribution in [2.45, 2.75) is 40.2 Å². The number of carbonyl (C=O) groups excluding carboxylic acids is 1. The maximum absolute atomic E-state index is 11.8. The van der Waals surface area contributed by atoms with E-state index in [9.17, 15) is 4.79 Å². The lowest BCUT2D eigenvalue weighted by atomic mass is 9.85. The Hall–Kier alpha value is -1.06. The zero-order valence-corrected chi connectivity index (χ0v) is 12.1. The summed E-state index contributed by atoms with van der Waals surface area (Å²) in [5.74, 6) is -0.0858. The number of aryl methyl sites for hydroxylation is 1. The SMILES string of the molecule is Cc1ccc(NC(=O)CC(N)C(C)(C)C)cc1Cl. The van der Waals surface area contributed by atoms with Crippen LogP contribution >= 0.6 is 11.6 Å². The monoisotopic (exact) mass is 268 g/mol.